The van der Waals surface area contributed by atoms with Crippen molar-refractivity contribution in [2.24, 2.45) is 0 Å². The van der Waals surface area contributed by atoms with Gasteiger partial charge in [0.1, 0.15) is 5.82 Å². The summed E-state index contributed by atoms with van der Waals surface area (Å²) in [7, 11) is 0. The molecule has 0 aliphatic heterocycles. The molecular weight excluding hydrogens is 186 g/mol. The summed E-state index contributed by atoms with van der Waals surface area (Å²) in [5.41, 5.74) is 6.32. The fraction of sp³-hybridized carbons (Fsp3) is 0.500. The normalized spacial score (nSPS) is 10.2. The fourth-order valence-corrected chi connectivity index (χ4v) is 1.62. The molecule has 13 heavy (non-hydrogen) atoms. The zero-order valence-electron chi connectivity index (χ0n) is 7.31. The zero-order chi connectivity index (χ0) is 9.52. The number of rotatable bonds is 5. The third-order valence-electron chi connectivity index (χ3n) is 1.42. The molecule has 72 valence electrons. The molecule has 0 unspecified atom stereocenters. The number of aliphatic hydroxyl groups is 1. The van der Waals surface area contributed by atoms with Crippen molar-refractivity contribution in [3.63, 3.8) is 0 Å². The van der Waals surface area contributed by atoms with Crippen molar-refractivity contribution in [1.29, 1.82) is 0 Å². The zero-order valence-corrected chi connectivity index (χ0v) is 8.13. The van der Waals surface area contributed by atoms with Crippen molar-refractivity contribution < 1.29 is 5.11 Å². The number of aliphatic hydroxyl groups excluding tert-OH is 1. The van der Waals surface area contributed by atoms with Crippen LogP contribution in [0, 0.1) is 0 Å². The van der Waals surface area contributed by atoms with Gasteiger partial charge in [-0.05, 0) is 12.2 Å². The Labute approximate surface area is 81.6 Å². The predicted molar refractivity (Wildman–Crippen MR) is 54.3 cm³/mol. The highest BCUT2D eigenvalue weighted by molar-refractivity contribution is 7.98. The van der Waals surface area contributed by atoms with Crippen molar-refractivity contribution in [2.75, 3.05) is 18.1 Å². The summed E-state index contributed by atoms with van der Waals surface area (Å²) in [4.78, 5) is 8.04. The van der Waals surface area contributed by atoms with Crippen molar-refractivity contribution in [2.45, 2.75) is 12.2 Å². The number of nitrogens with two attached hydrogens (primary N) is 1. The summed E-state index contributed by atoms with van der Waals surface area (Å²) in [6, 6.07) is 0. The van der Waals surface area contributed by atoms with Gasteiger partial charge in [0.25, 0.3) is 0 Å². The summed E-state index contributed by atoms with van der Waals surface area (Å²) < 4.78 is 0. The van der Waals surface area contributed by atoms with Crippen LogP contribution in [0.25, 0.3) is 0 Å². The van der Waals surface area contributed by atoms with Gasteiger partial charge < -0.3 is 10.8 Å². The minimum absolute atomic E-state index is 0.250. The van der Waals surface area contributed by atoms with Gasteiger partial charge in [0.15, 0.2) is 0 Å². The van der Waals surface area contributed by atoms with E-state index in [1.165, 1.54) is 0 Å². The SMILES string of the molecule is Nc1cnc(CSCCCO)cn1. The van der Waals surface area contributed by atoms with Crippen LogP contribution in [0.15, 0.2) is 12.4 Å². The van der Waals surface area contributed by atoms with Crippen LogP contribution in [0.4, 0.5) is 5.82 Å². The smallest absolute Gasteiger partial charge is 0.141 e. The van der Waals surface area contributed by atoms with Crippen molar-refractivity contribution in [3.8, 4) is 0 Å². The molecule has 0 aliphatic carbocycles. The summed E-state index contributed by atoms with van der Waals surface area (Å²) in [5.74, 6) is 2.22. The number of nitrogen functional groups attached to an aromatic ring is 1. The minimum Gasteiger partial charge on any atom is -0.396 e. The van der Waals surface area contributed by atoms with Crippen LogP contribution < -0.4 is 5.73 Å². The molecule has 3 N–H and O–H groups in total. The van der Waals surface area contributed by atoms with E-state index in [1.54, 1.807) is 24.2 Å². The third kappa shape index (κ3) is 4.10. The highest BCUT2D eigenvalue weighted by atomic mass is 32.2. The molecule has 0 amide bonds. The molecule has 0 spiro atoms. The quantitative estimate of drug-likeness (QED) is 0.682. The van der Waals surface area contributed by atoms with E-state index in [4.69, 9.17) is 10.8 Å². The van der Waals surface area contributed by atoms with Gasteiger partial charge in [0.05, 0.1) is 18.1 Å². The molecule has 0 fully saturated rings. The first-order chi connectivity index (χ1) is 6.33. The Kier molecular flexibility index (Phi) is 4.56. The predicted octanol–water partition coefficient (Wildman–Crippen LogP) is 0.674. The largest absolute Gasteiger partial charge is 0.396 e. The average Bonchev–Trinajstić information content (AvgIpc) is 2.15. The van der Waals surface area contributed by atoms with Gasteiger partial charge in [-0.15, -0.1) is 0 Å². The number of anilines is 1. The molecule has 0 bridgehead atoms. The molecule has 0 aromatic carbocycles. The standard InChI is InChI=1S/C8H13N3OS/c9-8-5-10-7(4-11-8)6-13-3-1-2-12/h4-5,12H,1-3,6H2,(H2,9,11). The lowest BCUT2D eigenvalue weighted by atomic mass is 10.5. The Balaban J connectivity index is 2.25. The summed E-state index contributed by atoms with van der Waals surface area (Å²) in [6.07, 6.45) is 4.07. The van der Waals surface area contributed by atoms with Crippen LogP contribution in [0.2, 0.25) is 0 Å². The van der Waals surface area contributed by atoms with Crippen LogP contribution in [0.5, 0.6) is 0 Å². The maximum Gasteiger partial charge on any atom is 0.141 e. The average molecular weight is 199 g/mol. The first-order valence-electron chi connectivity index (χ1n) is 4.08. The van der Waals surface area contributed by atoms with Crippen LogP contribution in [0.3, 0.4) is 0 Å². The number of nitrogens with zero attached hydrogens (tertiary/aromatic N) is 2. The van der Waals surface area contributed by atoms with E-state index in [9.17, 15) is 0 Å². The first kappa shape index (κ1) is 10.3. The van der Waals surface area contributed by atoms with Gasteiger partial charge in [-0.3, -0.25) is 4.98 Å². The molecule has 0 radical (unpaired) electrons. The van der Waals surface area contributed by atoms with Gasteiger partial charge in [0.2, 0.25) is 0 Å². The van der Waals surface area contributed by atoms with Gasteiger partial charge in [-0.1, -0.05) is 0 Å². The molecule has 5 heteroatoms. The van der Waals surface area contributed by atoms with E-state index in [0.29, 0.717) is 5.82 Å². The Hall–Kier alpha value is -0.810. The number of thioether (sulfide) groups is 1. The molecule has 0 aliphatic rings. The molecule has 0 saturated carbocycles. The maximum absolute atomic E-state index is 8.54. The first-order valence-corrected chi connectivity index (χ1v) is 5.23. The molecule has 1 aromatic rings. The summed E-state index contributed by atoms with van der Waals surface area (Å²) in [5, 5.41) is 8.54. The van der Waals surface area contributed by atoms with Crippen LogP contribution in [-0.2, 0) is 5.75 Å². The second kappa shape index (κ2) is 5.77. The van der Waals surface area contributed by atoms with E-state index < -0.39 is 0 Å². The van der Waals surface area contributed by atoms with Crippen LogP contribution in [-0.4, -0.2) is 27.4 Å². The van der Waals surface area contributed by atoms with Crippen LogP contribution in [0.1, 0.15) is 12.1 Å². The number of aromatic nitrogens is 2. The van der Waals surface area contributed by atoms with Gasteiger partial charge in [-0.2, -0.15) is 11.8 Å². The van der Waals surface area contributed by atoms with E-state index in [2.05, 4.69) is 9.97 Å². The fourth-order valence-electron chi connectivity index (χ4n) is 0.783. The molecule has 1 aromatic heterocycles. The van der Waals surface area contributed by atoms with Crippen molar-refractivity contribution >= 4 is 17.6 Å². The molecule has 0 saturated heterocycles. The maximum atomic E-state index is 8.54. The molecule has 1 heterocycles. The van der Waals surface area contributed by atoms with E-state index in [1.807, 2.05) is 0 Å². The highest BCUT2D eigenvalue weighted by Crippen LogP contribution is 2.10. The molecular formula is C8H13N3OS. The lowest BCUT2D eigenvalue weighted by Gasteiger charge is -1.99. The Morgan fingerprint density at radius 3 is 2.85 bits per heavy atom. The lowest BCUT2D eigenvalue weighted by molar-refractivity contribution is 0.296. The van der Waals surface area contributed by atoms with E-state index in [0.717, 1.165) is 23.6 Å². The highest BCUT2D eigenvalue weighted by Gasteiger charge is 1.95. The second-order valence-electron chi connectivity index (χ2n) is 2.56. The molecule has 1 rings (SSSR count). The Morgan fingerprint density at radius 2 is 2.23 bits per heavy atom. The van der Waals surface area contributed by atoms with Crippen LogP contribution >= 0.6 is 11.8 Å². The van der Waals surface area contributed by atoms with Gasteiger partial charge >= 0.3 is 0 Å². The van der Waals surface area contributed by atoms with Crippen molar-refractivity contribution in [1.82, 2.24) is 9.97 Å². The third-order valence-corrected chi connectivity index (χ3v) is 2.50. The van der Waals surface area contributed by atoms with Gasteiger partial charge in [-0.25, -0.2) is 4.98 Å². The monoisotopic (exact) mass is 199 g/mol. The number of hydrogen-bond donors (Lipinski definition) is 2. The summed E-state index contributed by atoms with van der Waals surface area (Å²) in [6.45, 7) is 0.250. The summed E-state index contributed by atoms with van der Waals surface area (Å²) >= 11 is 1.73. The molecule has 0 atom stereocenters. The Morgan fingerprint density at radius 1 is 1.38 bits per heavy atom. The van der Waals surface area contributed by atoms with E-state index >= 15 is 0 Å². The molecule has 4 nitrogen and oxygen atoms in total. The van der Waals surface area contributed by atoms with Gasteiger partial charge in [0, 0.05) is 12.4 Å². The number of hydrogen-bond acceptors (Lipinski definition) is 5. The second-order valence-corrected chi connectivity index (χ2v) is 3.67. The topological polar surface area (TPSA) is 72.0 Å². The van der Waals surface area contributed by atoms with E-state index in [-0.39, 0.29) is 6.61 Å². The Bertz CT molecular complexity index is 240. The minimum atomic E-state index is 0.250. The van der Waals surface area contributed by atoms with Crippen molar-refractivity contribution in [3.05, 3.63) is 18.1 Å². The lowest BCUT2D eigenvalue weighted by Crippen LogP contribution is -1.95.